The molecule has 3 rings (SSSR count). The number of primary amides is 1. The lowest BCUT2D eigenvalue weighted by atomic mass is 10.2. The maximum atomic E-state index is 12.2. The van der Waals surface area contributed by atoms with Gasteiger partial charge in [0.2, 0.25) is 11.8 Å². The molecule has 0 bridgehead atoms. The number of carbonyl (C=O) groups excluding carboxylic acids is 2. The number of benzene rings is 2. The highest BCUT2D eigenvalue weighted by molar-refractivity contribution is 8.00. The fraction of sp³-hybridized carbons (Fsp3) is 0.333. The molecule has 0 unspecified atom stereocenters. The molecule has 1 heterocycles. The van der Waals surface area contributed by atoms with E-state index in [1.807, 2.05) is 18.2 Å². The Labute approximate surface area is 190 Å². The van der Waals surface area contributed by atoms with Gasteiger partial charge in [0.05, 0.1) is 28.5 Å². The van der Waals surface area contributed by atoms with Crippen molar-refractivity contribution in [1.29, 1.82) is 0 Å². The Bertz CT molecular complexity index is 913. The van der Waals surface area contributed by atoms with Crippen LogP contribution < -0.4 is 11.1 Å². The second-order valence-electron chi connectivity index (χ2n) is 6.96. The number of ether oxygens (including phenoxy) is 1. The predicted octanol–water partition coefficient (Wildman–Crippen LogP) is 3.20. The highest BCUT2D eigenvalue weighted by atomic mass is 35.5. The van der Waals surface area contributed by atoms with E-state index in [1.54, 1.807) is 24.3 Å². The van der Waals surface area contributed by atoms with Gasteiger partial charge in [-0.05, 0) is 35.9 Å². The third-order valence-electron chi connectivity index (χ3n) is 4.63. The van der Waals surface area contributed by atoms with Crippen molar-refractivity contribution in [2.75, 3.05) is 32.0 Å². The number of hydrogen-bond donors (Lipinski definition) is 2. The van der Waals surface area contributed by atoms with Crippen molar-refractivity contribution < 1.29 is 14.3 Å². The number of halogens is 2. The average molecular weight is 468 g/mol. The molecule has 1 atom stereocenters. The van der Waals surface area contributed by atoms with Gasteiger partial charge in [-0.3, -0.25) is 14.5 Å². The van der Waals surface area contributed by atoms with Gasteiger partial charge in [-0.25, -0.2) is 0 Å². The van der Waals surface area contributed by atoms with Crippen LogP contribution in [-0.4, -0.2) is 54.8 Å². The maximum absolute atomic E-state index is 12.2. The fourth-order valence-electron chi connectivity index (χ4n) is 3.11. The molecule has 1 fully saturated rings. The molecule has 160 valence electrons. The predicted molar refractivity (Wildman–Crippen MR) is 120 cm³/mol. The molecule has 2 amide bonds. The molecule has 1 aliphatic rings. The summed E-state index contributed by atoms with van der Waals surface area (Å²) in [6, 6.07) is 12.6. The van der Waals surface area contributed by atoms with Gasteiger partial charge in [0.25, 0.3) is 0 Å². The first kappa shape index (κ1) is 22.9. The number of hydrogen-bond acceptors (Lipinski definition) is 5. The molecule has 0 saturated carbocycles. The summed E-state index contributed by atoms with van der Waals surface area (Å²) in [5.74, 6) is -0.321. The average Bonchev–Trinajstić information content (AvgIpc) is 2.74. The van der Waals surface area contributed by atoms with Crippen LogP contribution in [-0.2, 0) is 16.1 Å². The van der Waals surface area contributed by atoms with E-state index in [0.717, 1.165) is 23.5 Å². The SMILES string of the molecule is NC(=O)c1cccc(SCC(=O)NC[C@H]2CN(Cc3ccc(Cl)c(Cl)c3)CCO2)c1. The van der Waals surface area contributed by atoms with E-state index in [4.69, 9.17) is 33.7 Å². The Kier molecular flexibility index (Phi) is 8.41. The van der Waals surface area contributed by atoms with Gasteiger partial charge in [-0.2, -0.15) is 0 Å². The summed E-state index contributed by atoms with van der Waals surface area (Å²) in [4.78, 5) is 26.5. The normalized spacial score (nSPS) is 16.9. The Morgan fingerprint density at radius 2 is 2.03 bits per heavy atom. The summed E-state index contributed by atoms with van der Waals surface area (Å²) in [6.45, 7) is 3.33. The summed E-state index contributed by atoms with van der Waals surface area (Å²) in [7, 11) is 0. The Balaban J connectivity index is 1.42. The summed E-state index contributed by atoms with van der Waals surface area (Å²) in [5, 5.41) is 4.01. The van der Waals surface area contributed by atoms with Crippen molar-refractivity contribution in [2.24, 2.45) is 5.73 Å². The quantitative estimate of drug-likeness (QED) is 0.582. The van der Waals surface area contributed by atoms with Crippen molar-refractivity contribution in [3.8, 4) is 0 Å². The van der Waals surface area contributed by atoms with Crippen molar-refractivity contribution in [3.63, 3.8) is 0 Å². The highest BCUT2D eigenvalue weighted by Gasteiger charge is 2.21. The Morgan fingerprint density at radius 1 is 1.20 bits per heavy atom. The second kappa shape index (κ2) is 11.0. The molecule has 3 N–H and O–H groups in total. The van der Waals surface area contributed by atoms with Crippen LogP contribution in [0.1, 0.15) is 15.9 Å². The molecule has 30 heavy (non-hydrogen) atoms. The van der Waals surface area contributed by atoms with Crippen molar-refractivity contribution in [3.05, 3.63) is 63.6 Å². The molecule has 6 nitrogen and oxygen atoms in total. The lowest BCUT2D eigenvalue weighted by Gasteiger charge is -2.33. The third kappa shape index (κ3) is 6.89. The number of carbonyl (C=O) groups is 2. The molecule has 2 aromatic carbocycles. The number of thioether (sulfide) groups is 1. The lowest BCUT2D eigenvalue weighted by molar-refractivity contribution is -0.119. The van der Waals surface area contributed by atoms with Crippen LogP contribution in [0.5, 0.6) is 0 Å². The van der Waals surface area contributed by atoms with E-state index < -0.39 is 5.91 Å². The van der Waals surface area contributed by atoms with Crippen LogP contribution >= 0.6 is 35.0 Å². The van der Waals surface area contributed by atoms with Crippen LogP contribution in [0.25, 0.3) is 0 Å². The summed E-state index contributed by atoms with van der Waals surface area (Å²) >= 11 is 13.4. The molecule has 0 aliphatic carbocycles. The minimum absolute atomic E-state index is 0.0753. The maximum Gasteiger partial charge on any atom is 0.248 e. The summed E-state index contributed by atoms with van der Waals surface area (Å²) < 4.78 is 5.78. The van der Waals surface area contributed by atoms with Crippen LogP contribution in [0.4, 0.5) is 0 Å². The van der Waals surface area contributed by atoms with Crippen molar-refractivity contribution in [2.45, 2.75) is 17.5 Å². The number of rotatable bonds is 8. The largest absolute Gasteiger partial charge is 0.374 e. The second-order valence-corrected chi connectivity index (χ2v) is 8.82. The van der Waals surface area contributed by atoms with Gasteiger partial charge < -0.3 is 15.8 Å². The summed E-state index contributed by atoms with van der Waals surface area (Å²) in [6.07, 6.45) is -0.0753. The molecular weight excluding hydrogens is 445 g/mol. The first-order chi connectivity index (χ1) is 14.4. The van der Waals surface area contributed by atoms with Crippen molar-refractivity contribution in [1.82, 2.24) is 10.2 Å². The first-order valence-electron chi connectivity index (χ1n) is 9.48. The standard InChI is InChI=1S/C21H23Cl2N3O3S/c22-18-5-4-14(8-19(18)23)11-26-6-7-29-16(12-26)10-25-20(27)13-30-17-3-1-2-15(9-17)21(24)28/h1-5,8-9,16H,6-7,10-13H2,(H2,24,28)(H,25,27)/t16-/m0/s1. The molecule has 1 saturated heterocycles. The van der Waals surface area contributed by atoms with Gasteiger partial charge in [0, 0.05) is 36.6 Å². The number of morpholine rings is 1. The van der Waals surface area contributed by atoms with Crippen LogP contribution in [0.2, 0.25) is 10.0 Å². The molecule has 0 aromatic heterocycles. The summed E-state index contributed by atoms with van der Waals surface area (Å²) in [5.41, 5.74) is 6.80. The zero-order valence-corrected chi connectivity index (χ0v) is 18.6. The van der Waals surface area contributed by atoms with Crippen LogP contribution in [0, 0.1) is 0 Å². The lowest BCUT2D eigenvalue weighted by Crippen LogP contribution is -2.47. The highest BCUT2D eigenvalue weighted by Crippen LogP contribution is 2.23. The third-order valence-corrected chi connectivity index (χ3v) is 6.36. The van der Waals surface area contributed by atoms with Crippen LogP contribution in [0.15, 0.2) is 47.4 Å². The zero-order chi connectivity index (χ0) is 21.5. The van der Waals surface area contributed by atoms with Gasteiger partial charge in [-0.15, -0.1) is 11.8 Å². The van der Waals surface area contributed by atoms with E-state index in [1.165, 1.54) is 11.8 Å². The van der Waals surface area contributed by atoms with E-state index in [0.29, 0.717) is 35.3 Å². The van der Waals surface area contributed by atoms with Crippen LogP contribution in [0.3, 0.4) is 0 Å². The Morgan fingerprint density at radius 3 is 2.80 bits per heavy atom. The molecule has 1 aliphatic heterocycles. The van der Waals surface area contributed by atoms with Gasteiger partial charge >= 0.3 is 0 Å². The van der Waals surface area contributed by atoms with Gasteiger partial charge in [0.1, 0.15) is 0 Å². The topological polar surface area (TPSA) is 84.7 Å². The minimum atomic E-state index is -0.484. The van der Waals surface area contributed by atoms with E-state index in [-0.39, 0.29) is 17.8 Å². The van der Waals surface area contributed by atoms with Gasteiger partial charge in [0.15, 0.2) is 0 Å². The molecule has 0 spiro atoms. The minimum Gasteiger partial charge on any atom is -0.374 e. The van der Waals surface area contributed by atoms with Gasteiger partial charge in [-0.1, -0.05) is 35.3 Å². The number of amides is 2. The number of nitrogens with one attached hydrogen (secondary N) is 1. The first-order valence-corrected chi connectivity index (χ1v) is 11.2. The molecule has 9 heteroatoms. The van der Waals surface area contributed by atoms with E-state index in [9.17, 15) is 9.59 Å². The zero-order valence-electron chi connectivity index (χ0n) is 16.3. The number of nitrogens with zero attached hydrogens (tertiary/aromatic N) is 1. The molecular formula is C21H23Cl2N3O3S. The van der Waals surface area contributed by atoms with E-state index >= 15 is 0 Å². The monoisotopic (exact) mass is 467 g/mol. The van der Waals surface area contributed by atoms with Crippen molar-refractivity contribution >= 4 is 46.8 Å². The fourth-order valence-corrected chi connectivity index (χ4v) is 4.22. The number of nitrogens with two attached hydrogens (primary N) is 1. The van der Waals surface area contributed by atoms with E-state index in [2.05, 4.69) is 10.2 Å². The molecule has 2 aromatic rings. The molecule has 0 radical (unpaired) electrons. The smallest absolute Gasteiger partial charge is 0.248 e. The Hall–Kier alpha value is -1.77.